The van der Waals surface area contributed by atoms with Gasteiger partial charge in [-0.1, -0.05) is 26.2 Å². The molecular formula is C13H19NO2. The molecule has 0 saturated heterocycles. The van der Waals surface area contributed by atoms with Gasteiger partial charge in [-0.25, -0.2) is 0 Å². The molecule has 0 saturated carbocycles. The van der Waals surface area contributed by atoms with Crippen molar-refractivity contribution < 1.29 is 9.21 Å². The van der Waals surface area contributed by atoms with Crippen LogP contribution in [0.1, 0.15) is 38.4 Å². The molecule has 0 bridgehead atoms. The second-order valence-corrected chi connectivity index (χ2v) is 3.70. The molecule has 3 heteroatoms. The Kier molecular flexibility index (Phi) is 6.07. The maximum absolute atomic E-state index is 11.3. The molecule has 1 heterocycles. The van der Waals surface area contributed by atoms with E-state index in [1.54, 1.807) is 18.4 Å². The first-order valence-corrected chi connectivity index (χ1v) is 5.82. The van der Waals surface area contributed by atoms with Gasteiger partial charge in [0.25, 0.3) is 0 Å². The molecule has 0 aromatic carbocycles. The third-order valence-electron chi connectivity index (χ3n) is 2.27. The number of furan rings is 1. The minimum absolute atomic E-state index is 0.0621. The Morgan fingerprint density at radius 3 is 3.00 bits per heavy atom. The summed E-state index contributed by atoms with van der Waals surface area (Å²) in [6.07, 6.45) is 9.43. The predicted molar refractivity (Wildman–Crippen MR) is 64.9 cm³/mol. The van der Waals surface area contributed by atoms with E-state index in [1.165, 1.54) is 25.3 Å². The fraction of sp³-hybridized carbons (Fsp3) is 0.462. The molecule has 1 amide bonds. The van der Waals surface area contributed by atoms with Crippen molar-refractivity contribution in [2.24, 2.45) is 0 Å². The van der Waals surface area contributed by atoms with E-state index in [0.717, 1.165) is 13.0 Å². The van der Waals surface area contributed by atoms with Crippen LogP contribution in [-0.4, -0.2) is 12.5 Å². The summed E-state index contributed by atoms with van der Waals surface area (Å²) < 4.78 is 5.07. The number of hydrogen-bond acceptors (Lipinski definition) is 2. The standard InChI is InChI=1S/C13H19NO2/c1-2-3-4-5-10-14-13(15)9-8-12-7-6-11-16-12/h6-9,11H,2-5,10H2,1H3,(H,14,15)/b9-8+. The van der Waals surface area contributed by atoms with Gasteiger partial charge in [-0.15, -0.1) is 0 Å². The zero-order valence-electron chi connectivity index (χ0n) is 9.74. The number of unbranched alkanes of at least 4 members (excludes halogenated alkanes) is 3. The number of amides is 1. The van der Waals surface area contributed by atoms with Gasteiger partial charge in [-0.2, -0.15) is 0 Å². The van der Waals surface area contributed by atoms with Gasteiger partial charge in [0.2, 0.25) is 5.91 Å². The average molecular weight is 221 g/mol. The Morgan fingerprint density at radius 1 is 1.44 bits per heavy atom. The molecule has 0 radical (unpaired) electrons. The highest BCUT2D eigenvalue weighted by Crippen LogP contribution is 2.01. The molecule has 1 N–H and O–H groups in total. The van der Waals surface area contributed by atoms with Crippen LogP contribution in [0.25, 0.3) is 6.08 Å². The third kappa shape index (κ3) is 5.39. The molecule has 0 aliphatic carbocycles. The molecule has 3 nitrogen and oxygen atoms in total. The average Bonchev–Trinajstić information content (AvgIpc) is 2.79. The molecule has 0 aliphatic heterocycles. The van der Waals surface area contributed by atoms with E-state index < -0.39 is 0 Å². The van der Waals surface area contributed by atoms with Gasteiger partial charge in [0.05, 0.1) is 6.26 Å². The Balaban J connectivity index is 2.11. The van der Waals surface area contributed by atoms with Crippen LogP contribution in [0.5, 0.6) is 0 Å². The van der Waals surface area contributed by atoms with Crippen molar-refractivity contribution in [2.75, 3.05) is 6.54 Å². The van der Waals surface area contributed by atoms with Crippen LogP contribution in [0.4, 0.5) is 0 Å². The monoisotopic (exact) mass is 221 g/mol. The van der Waals surface area contributed by atoms with Crippen molar-refractivity contribution in [1.29, 1.82) is 0 Å². The Hall–Kier alpha value is -1.51. The fourth-order valence-electron chi connectivity index (χ4n) is 1.37. The zero-order valence-corrected chi connectivity index (χ0v) is 9.74. The van der Waals surface area contributed by atoms with Crippen LogP contribution >= 0.6 is 0 Å². The molecule has 1 aromatic rings. The van der Waals surface area contributed by atoms with Crippen LogP contribution in [0.2, 0.25) is 0 Å². The van der Waals surface area contributed by atoms with Crippen molar-refractivity contribution in [3.8, 4) is 0 Å². The first kappa shape index (κ1) is 12.6. The summed E-state index contributed by atoms with van der Waals surface area (Å²) in [4.78, 5) is 11.3. The van der Waals surface area contributed by atoms with E-state index in [0.29, 0.717) is 5.76 Å². The highest BCUT2D eigenvalue weighted by Gasteiger charge is 1.95. The zero-order chi connectivity index (χ0) is 11.6. The number of carbonyl (C=O) groups excluding carboxylic acids is 1. The Labute approximate surface area is 96.5 Å². The minimum atomic E-state index is -0.0621. The predicted octanol–water partition coefficient (Wildman–Crippen LogP) is 2.99. The summed E-state index contributed by atoms with van der Waals surface area (Å²) in [7, 11) is 0. The first-order chi connectivity index (χ1) is 7.83. The van der Waals surface area contributed by atoms with E-state index in [9.17, 15) is 4.79 Å². The number of carbonyl (C=O) groups is 1. The highest BCUT2D eigenvalue weighted by atomic mass is 16.3. The van der Waals surface area contributed by atoms with Crippen LogP contribution in [0.3, 0.4) is 0 Å². The van der Waals surface area contributed by atoms with Gasteiger partial charge in [-0.05, 0) is 24.6 Å². The number of nitrogens with one attached hydrogen (secondary N) is 1. The lowest BCUT2D eigenvalue weighted by molar-refractivity contribution is -0.116. The number of rotatable bonds is 7. The Bertz CT molecular complexity index is 315. The first-order valence-electron chi connectivity index (χ1n) is 5.82. The van der Waals surface area contributed by atoms with E-state index in [-0.39, 0.29) is 5.91 Å². The van der Waals surface area contributed by atoms with Gasteiger partial charge in [0.15, 0.2) is 0 Å². The van der Waals surface area contributed by atoms with Crippen molar-refractivity contribution in [1.82, 2.24) is 5.32 Å². The third-order valence-corrected chi connectivity index (χ3v) is 2.27. The molecule has 0 atom stereocenters. The maximum Gasteiger partial charge on any atom is 0.244 e. The summed E-state index contributed by atoms with van der Waals surface area (Å²) in [5.41, 5.74) is 0. The summed E-state index contributed by atoms with van der Waals surface area (Å²) in [5, 5.41) is 2.84. The van der Waals surface area contributed by atoms with Gasteiger partial charge in [0, 0.05) is 12.6 Å². The molecule has 16 heavy (non-hydrogen) atoms. The van der Waals surface area contributed by atoms with Crippen molar-refractivity contribution in [3.05, 3.63) is 30.2 Å². The molecule has 1 aromatic heterocycles. The van der Waals surface area contributed by atoms with E-state index in [2.05, 4.69) is 12.2 Å². The quantitative estimate of drug-likeness (QED) is 0.568. The Morgan fingerprint density at radius 2 is 2.31 bits per heavy atom. The lowest BCUT2D eigenvalue weighted by atomic mass is 10.2. The van der Waals surface area contributed by atoms with Crippen LogP contribution < -0.4 is 5.32 Å². The smallest absolute Gasteiger partial charge is 0.244 e. The molecule has 0 fully saturated rings. The van der Waals surface area contributed by atoms with E-state index >= 15 is 0 Å². The molecule has 0 unspecified atom stereocenters. The van der Waals surface area contributed by atoms with Crippen LogP contribution in [-0.2, 0) is 4.79 Å². The summed E-state index contributed by atoms with van der Waals surface area (Å²) in [6.45, 7) is 2.92. The minimum Gasteiger partial charge on any atom is -0.465 e. The number of hydrogen-bond donors (Lipinski definition) is 1. The highest BCUT2D eigenvalue weighted by molar-refractivity contribution is 5.91. The van der Waals surface area contributed by atoms with E-state index in [1.807, 2.05) is 6.07 Å². The second kappa shape index (κ2) is 7.74. The van der Waals surface area contributed by atoms with Gasteiger partial charge < -0.3 is 9.73 Å². The molecular weight excluding hydrogens is 202 g/mol. The molecule has 1 rings (SSSR count). The lowest BCUT2D eigenvalue weighted by Crippen LogP contribution is -2.21. The fourth-order valence-corrected chi connectivity index (χ4v) is 1.37. The summed E-state index contributed by atoms with van der Waals surface area (Å²) >= 11 is 0. The molecule has 0 spiro atoms. The normalized spacial score (nSPS) is 10.8. The van der Waals surface area contributed by atoms with Gasteiger partial charge in [-0.3, -0.25) is 4.79 Å². The largest absolute Gasteiger partial charge is 0.465 e. The maximum atomic E-state index is 11.3. The van der Waals surface area contributed by atoms with Crippen LogP contribution in [0, 0.1) is 0 Å². The summed E-state index contributed by atoms with van der Waals surface area (Å²) in [6, 6.07) is 3.60. The van der Waals surface area contributed by atoms with Gasteiger partial charge >= 0.3 is 0 Å². The van der Waals surface area contributed by atoms with Crippen molar-refractivity contribution in [2.45, 2.75) is 32.6 Å². The van der Waals surface area contributed by atoms with Crippen LogP contribution in [0.15, 0.2) is 28.9 Å². The van der Waals surface area contributed by atoms with Crippen molar-refractivity contribution in [3.63, 3.8) is 0 Å². The topological polar surface area (TPSA) is 42.2 Å². The lowest BCUT2D eigenvalue weighted by Gasteiger charge is -2.00. The van der Waals surface area contributed by atoms with Gasteiger partial charge in [0.1, 0.15) is 5.76 Å². The molecule has 0 aliphatic rings. The second-order valence-electron chi connectivity index (χ2n) is 3.70. The SMILES string of the molecule is CCCCCCNC(=O)/C=C/c1ccco1. The summed E-state index contributed by atoms with van der Waals surface area (Å²) in [5.74, 6) is 0.633. The molecule has 88 valence electrons. The van der Waals surface area contributed by atoms with Crippen molar-refractivity contribution >= 4 is 12.0 Å². The van der Waals surface area contributed by atoms with E-state index in [4.69, 9.17) is 4.42 Å².